The molecule has 0 spiro atoms. The van der Waals surface area contributed by atoms with Gasteiger partial charge in [-0.15, -0.1) is 0 Å². The Balaban J connectivity index is 1.73. The molecule has 26 heavy (non-hydrogen) atoms. The van der Waals surface area contributed by atoms with Gasteiger partial charge >= 0.3 is 0 Å². The molecule has 7 nitrogen and oxygen atoms in total. The second kappa shape index (κ2) is 8.03. The Hall–Kier alpha value is -2.83. The molecule has 0 radical (unpaired) electrons. The molecular weight excluding hydrogens is 332 g/mol. The summed E-state index contributed by atoms with van der Waals surface area (Å²) in [5.74, 6) is 1.36. The molecule has 3 rings (SSSR count). The highest BCUT2D eigenvalue weighted by Gasteiger charge is 2.31. The largest absolute Gasteiger partial charge is 0.496 e. The van der Waals surface area contributed by atoms with Crippen molar-refractivity contribution in [3.8, 4) is 11.5 Å². The smallest absolute Gasteiger partial charge is 0.259 e. The minimum atomic E-state index is -0.206. The molecule has 0 saturated heterocycles. The number of rotatable bonds is 6. The van der Waals surface area contributed by atoms with Crippen molar-refractivity contribution < 1.29 is 14.3 Å². The van der Waals surface area contributed by atoms with Crippen molar-refractivity contribution in [2.24, 2.45) is 0 Å². The first-order chi connectivity index (χ1) is 12.6. The fraction of sp³-hybridized carbons (Fsp3) is 0.421. The first-order valence-corrected chi connectivity index (χ1v) is 8.69. The Bertz CT molecular complexity index is 742. The molecule has 1 saturated carbocycles. The molecule has 2 N–H and O–H groups in total. The molecule has 1 aromatic heterocycles. The van der Waals surface area contributed by atoms with Crippen molar-refractivity contribution in [2.75, 3.05) is 19.5 Å². The maximum absolute atomic E-state index is 12.9. The Labute approximate surface area is 153 Å². The summed E-state index contributed by atoms with van der Waals surface area (Å²) in [6.07, 6.45) is 6.42. The van der Waals surface area contributed by atoms with Crippen LogP contribution in [0.3, 0.4) is 0 Å². The first kappa shape index (κ1) is 18.0. The summed E-state index contributed by atoms with van der Waals surface area (Å²) in [5.41, 5.74) is 1.42. The molecule has 2 atom stereocenters. The van der Waals surface area contributed by atoms with E-state index in [0.717, 1.165) is 24.8 Å². The molecule has 138 valence electrons. The number of carbonyl (C=O) groups is 1. The van der Waals surface area contributed by atoms with E-state index in [2.05, 4.69) is 20.6 Å². The van der Waals surface area contributed by atoms with Gasteiger partial charge in [0, 0.05) is 24.5 Å². The average Bonchev–Trinajstić information content (AvgIpc) is 3.09. The standard InChI is InChI=1S/C19H24N4O3/c1-12-10-20-19(21-11-12)23-14-7-4-6-13(14)22-18(24)17-15(25-2)8-5-9-16(17)26-3/h5,8-11,13-14H,4,6-7H2,1-3H3,(H,22,24)(H,20,21,23)/t13-,14+/m1/s1. The Morgan fingerprint density at radius 1 is 1.08 bits per heavy atom. The summed E-state index contributed by atoms with van der Waals surface area (Å²) < 4.78 is 10.7. The number of carbonyl (C=O) groups excluding carboxylic acids is 1. The van der Waals surface area contributed by atoms with Crippen molar-refractivity contribution >= 4 is 11.9 Å². The van der Waals surface area contributed by atoms with Crippen LogP contribution in [-0.4, -0.2) is 42.2 Å². The number of aryl methyl sites for hydroxylation is 1. The SMILES string of the molecule is COc1cccc(OC)c1C(=O)N[C@@H]1CCC[C@@H]1Nc1ncc(C)cn1. The predicted octanol–water partition coefficient (Wildman–Crippen LogP) is 2.57. The summed E-state index contributed by atoms with van der Waals surface area (Å²) in [4.78, 5) is 21.5. The van der Waals surface area contributed by atoms with Gasteiger partial charge in [-0.05, 0) is 43.9 Å². The number of methoxy groups -OCH3 is 2. The molecule has 1 fully saturated rings. The lowest BCUT2D eigenvalue weighted by atomic mass is 10.1. The Morgan fingerprint density at radius 2 is 1.69 bits per heavy atom. The van der Waals surface area contributed by atoms with E-state index < -0.39 is 0 Å². The summed E-state index contributed by atoms with van der Waals surface area (Å²) in [6.45, 7) is 1.95. The fourth-order valence-corrected chi connectivity index (χ4v) is 3.25. The maximum atomic E-state index is 12.9. The number of amides is 1. The summed E-state index contributed by atoms with van der Waals surface area (Å²) in [6, 6.07) is 5.37. The van der Waals surface area contributed by atoms with Crippen molar-refractivity contribution in [2.45, 2.75) is 38.3 Å². The van der Waals surface area contributed by atoms with E-state index in [4.69, 9.17) is 9.47 Å². The molecule has 1 aromatic carbocycles. The van der Waals surface area contributed by atoms with Crippen LogP contribution in [0.4, 0.5) is 5.95 Å². The van der Waals surface area contributed by atoms with Crippen molar-refractivity contribution in [3.05, 3.63) is 41.7 Å². The summed E-state index contributed by atoms with van der Waals surface area (Å²) in [7, 11) is 3.08. The van der Waals surface area contributed by atoms with Crippen LogP contribution in [-0.2, 0) is 0 Å². The Morgan fingerprint density at radius 3 is 2.31 bits per heavy atom. The van der Waals surface area contributed by atoms with Gasteiger partial charge in [-0.25, -0.2) is 9.97 Å². The van der Waals surface area contributed by atoms with Crippen LogP contribution in [0.5, 0.6) is 11.5 Å². The van der Waals surface area contributed by atoms with Crippen LogP contribution < -0.4 is 20.1 Å². The van der Waals surface area contributed by atoms with Crippen LogP contribution in [0.2, 0.25) is 0 Å². The molecule has 1 amide bonds. The van der Waals surface area contributed by atoms with Gasteiger partial charge in [0.25, 0.3) is 5.91 Å². The number of anilines is 1. The number of ether oxygens (including phenoxy) is 2. The van der Waals surface area contributed by atoms with E-state index >= 15 is 0 Å². The minimum Gasteiger partial charge on any atom is -0.496 e. The van der Waals surface area contributed by atoms with Crippen LogP contribution in [0.15, 0.2) is 30.6 Å². The predicted molar refractivity (Wildman–Crippen MR) is 98.8 cm³/mol. The molecule has 0 unspecified atom stereocenters. The zero-order valence-electron chi connectivity index (χ0n) is 15.3. The van der Waals surface area contributed by atoms with Gasteiger partial charge in [0.2, 0.25) is 5.95 Å². The minimum absolute atomic E-state index is 0.0120. The van der Waals surface area contributed by atoms with Gasteiger partial charge in [0.1, 0.15) is 17.1 Å². The highest BCUT2D eigenvalue weighted by Crippen LogP contribution is 2.29. The van der Waals surface area contributed by atoms with E-state index in [-0.39, 0.29) is 18.0 Å². The van der Waals surface area contributed by atoms with Gasteiger partial charge in [-0.1, -0.05) is 6.07 Å². The van der Waals surface area contributed by atoms with E-state index in [9.17, 15) is 4.79 Å². The summed E-state index contributed by atoms with van der Waals surface area (Å²) >= 11 is 0. The lowest BCUT2D eigenvalue weighted by Gasteiger charge is -2.23. The number of nitrogens with zero attached hydrogens (tertiary/aromatic N) is 2. The number of benzene rings is 1. The molecule has 0 aliphatic heterocycles. The van der Waals surface area contributed by atoms with Crippen molar-refractivity contribution in [1.29, 1.82) is 0 Å². The third-order valence-corrected chi connectivity index (χ3v) is 4.58. The molecule has 2 aromatic rings. The highest BCUT2D eigenvalue weighted by atomic mass is 16.5. The average molecular weight is 356 g/mol. The molecule has 0 bridgehead atoms. The van der Waals surface area contributed by atoms with E-state index in [1.807, 2.05) is 6.92 Å². The first-order valence-electron chi connectivity index (χ1n) is 8.69. The third-order valence-electron chi connectivity index (χ3n) is 4.58. The second-order valence-corrected chi connectivity index (χ2v) is 6.38. The van der Waals surface area contributed by atoms with Crippen LogP contribution in [0.1, 0.15) is 35.2 Å². The molecule has 1 aliphatic rings. The lowest BCUT2D eigenvalue weighted by molar-refractivity contribution is 0.0929. The normalized spacial score (nSPS) is 19.0. The topological polar surface area (TPSA) is 85.4 Å². The summed E-state index contributed by atoms with van der Waals surface area (Å²) in [5, 5.41) is 6.44. The zero-order valence-corrected chi connectivity index (χ0v) is 15.3. The van der Waals surface area contributed by atoms with Crippen LogP contribution >= 0.6 is 0 Å². The zero-order chi connectivity index (χ0) is 18.5. The number of aromatic nitrogens is 2. The third kappa shape index (κ3) is 3.87. The quantitative estimate of drug-likeness (QED) is 0.827. The van der Waals surface area contributed by atoms with Gasteiger partial charge < -0.3 is 20.1 Å². The van der Waals surface area contributed by atoms with Crippen molar-refractivity contribution in [1.82, 2.24) is 15.3 Å². The number of hydrogen-bond acceptors (Lipinski definition) is 6. The molecule has 1 aliphatic carbocycles. The van der Waals surface area contributed by atoms with Gasteiger partial charge in [-0.2, -0.15) is 0 Å². The van der Waals surface area contributed by atoms with E-state index in [1.54, 1.807) is 44.8 Å². The highest BCUT2D eigenvalue weighted by molar-refractivity contribution is 6.00. The van der Waals surface area contributed by atoms with Gasteiger partial charge in [-0.3, -0.25) is 4.79 Å². The van der Waals surface area contributed by atoms with Gasteiger partial charge in [0.05, 0.1) is 14.2 Å². The van der Waals surface area contributed by atoms with E-state index in [0.29, 0.717) is 23.0 Å². The maximum Gasteiger partial charge on any atom is 0.259 e. The number of hydrogen-bond donors (Lipinski definition) is 2. The van der Waals surface area contributed by atoms with Crippen molar-refractivity contribution in [3.63, 3.8) is 0 Å². The van der Waals surface area contributed by atoms with E-state index in [1.165, 1.54) is 0 Å². The van der Waals surface area contributed by atoms with Gasteiger partial charge in [0.15, 0.2) is 0 Å². The second-order valence-electron chi connectivity index (χ2n) is 6.38. The van der Waals surface area contributed by atoms with Crippen LogP contribution in [0, 0.1) is 6.92 Å². The van der Waals surface area contributed by atoms with Crippen LogP contribution in [0.25, 0.3) is 0 Å². The Kier molecular flexibility index (Phi) is 5.55. The molecule has 1 heterocycles. The number of nitrogens with one attached hydrogen (secondary N) is 2. The fourth-order valence-electron chi connectivity index (χ4n) is 3.25. The monoisotopic (exact) mass is 356 g/mol. The lowest BCUT2D eigenvalue weighted by Crippen LogP contribution is -2.43. The molecule has 7 heteroatoms. The molecular formula is C19H24N4O3.